The monoisotopic (exact) mass is 227 g/mol. The quantitative estimate of drug-likeness (QED) is 0.397. The fourth-order valence-electron chi connectivity index (χ4n) is 0.941. The summed E-state index contributed by atoms with van der Waals surface area (Å²) in [5.74, 6) is 0.935. The first-order valence-electron chi connectivity index (χ1n) is 5.26. The number of halogens is 1. The van der Waals surface area contributed by atoms with Crippen molar-refractivity contribution in [1.29, 1.82) is 0 Å². The maximum atomic E-state index is 6.10. The molecule has 0 spiro atoms. The molecule has 1 aliphatic carbocycles. The molecule has 0 unspecified atom stereocenters. The third-order valence-corrected chi connectivity index (χ3v) is 2.69. The van der Waals surface area contributed by atoms with Gasteiger partial charge in [-0.3, -0.25) is 0 Å². The summed E-state index contributed by atoms with van der Waals surface area (Å²) >= 11 is 6.10. The van der Waals surface area contributed by atoms with Gasteiger partial charge in [-0.1, -0.05) is 31.0 Å². The Bertz CT molecular complexity index is 301. The summed E-state index contributed by atoms with van der Waals surface area (Å²) in [4.78, 5) is 3.81. The van der Waals surface area contributed by atoms with Gasteiger partial charge >= 0.3 is 0 Å². The smallest absolute Gasteiger partial charge is 0.232 e. The second-order valence-corrected chi connectivity index (χ2v) is 4.58. The van der Waals surface area contributed by atoms with Crippen LogP contribution in [0.15, 0.2) is 27.6 Å². The number of ether oxygens (including phenoxy) is 1. The summed E-state index contributed by atoms with van der Waals surface area (Å²) in [5, 5.41) is 0.545. The minimum atomic E-state index is 0.298. The molecular formula is C12H18ClNO. The molecule has 0 heterocycles. The van der Waals surface area contributed by atoms with Gasteiger partial charge in [0.05, 0.1) is 0 Å². The molecule has 1 rings (SSSR count). The van der Waals surface area contributed by atoms with E-state index in [2.05, 4.69) is 25.6 Å². The first kappa shape index (κ1) is 12.3. The third kappa shape index (κ3) is 4.08. The Labute approximate surface area is 96.7 Å². The SMILES string of the molecule is C=N/C(OC1CC1)=C(Cl)\C=C(/C)C(C)C. The van der Waals surface area contributed by atoms with E-state index in [1.54, 1.807) is 0 Å². The zero-order valence-corrected chi connectivity index (χ0v) is 10.3. The van der Waals surface area contributed by atoms with Crippen molar-refractivity contribution in [2.45, 2.75) is 39.7 Å². The van der Waals surface area contributed by atoms with Crippen molar-refractivity contribution in [3.8, 4) is 0 Å². The second kappa shape index (κ2) is 5.36. The van der Waals surface area contributed by atoms with Crippen molar-refractivity contribution in [2.24, 2.45) is 10.9 Å². The van der Waals surface area contributed by atoms with Gasteiger partial charge in [-0.25, -0.2) is 4.99 Å². The Morgan fingerprint density at radius 3 is 2.53 bits per heavy atom. The minimum Gasteiger partial charge on any atom is -0.473 e. The minimum absolute atomic E-state index is 0.298. The van der Waals surface area contributed by atoms with Crippen LogP contribution in [0.5, 0.6) is 0 Å². The van der Waals surface area contributed by atoms with Gasteiger partial charge in [-0.15, -0.1) is 0 Å². The Morgan fingerprint density at radius 1 is 1.53 bits per heavy atom. The third-order valence-electron chi connectivity index (χ3n) is 2.42. The van der Waals surface area contributed by atoms with Crippen LogP contribution in [-0.2, 0) is 4.74 Å². The van der Waals surface area contributed by atoms with E-state index < -0.39 is 0 Å². The zero-order valence-electron chi connectivity index (χ0n) is 9.59. The van der Waals surface area contributed by atoms with E-state index in [9.17, 15) is 0 Å². The molecule has 1 fully saturated rings. The molecule has 0 saturated heterocycles. The van der Waals surface area contributed by atoms with Gasteiger partial charge in [0.15, 0.2) is 0 Å². The van der Waals surface area contributed by atoms with E-state index in [1.165, 1.54) is 5.57 Å². The van der Waals surface area contributed by atoms with E-state index in [-0.39, 0.29) is 0 Å². The summed E-state index contributed by atoms with van der Waals surface area (Å²) < 4.78 is 5.53. The van der Waals surface area contributed by atoms with Crippen LogP contribution in [0.4, 0.5) is 0 Å². The molecule has 0 amide bonds. The van der Waals surface area contributed by atoms with Gasteiger partial charge in [0, 0.05) is 0 Å². The van der Waals surface area contributed by atoms with Gasteiger partial charge in [0.2, 0.25) is 5.88 Å². The molecular weight excluding hydrogens is 210 g/mol. The molecule has 0 aliphatic heterocycles. The Morgan fingerprint density at radius 2 is 2.13 bits per heavy atom. The average molecular weight is 228 g/mol. The van der Waals surface area contributed by atoms with E-state index >= 15 is 0 Å². The highest BCUT2D eigenvalue weighted by Gasteiger charge is 2.25. The van der Waals surface area contributed by atoms with Crippen molar-refractivity contribution in [2.75, 3.05) is 0 Å². The summed E-state index contributed by atoms with van der Waals surface area (Å²) in [5.41, 5.74) is 1.21. The molecule has 3 heteroatoms. The highest BCUT2D eigenvalue weighted by Crippen LogP contribution is 2.29. The van der Waals surface area contributed by atoms with E-state index in [0.717, 1.165) is 12.8 Å². The van der Waals surface area contributed by atoms with Crippen molar-refractivity contribution < 1.29 is 4.74 Å². The van der Waals surface area contributed by atoms with Crippen LogP contribution < -0.4 is 0 Å². The highest BCUT2D eigenvalue weighted by molar-refractivity contribution is 6.31. The van der Waals surface area contributed by atoms with E-state index in [1.807, 2.05) is 13.0 Å². The molecule has 0 aromatic rings. The standard InChI is InChI=1S/C12H18ClNO/c1-8(2)9(3)7-11(13)12(14-4)15-10-5-6-10/h7-8,10H,4-6H2,1-3H3/b9-7+,12-11-. The molecule has 15 heavy (non-hydrogen) atoms. The lowest BCUT2D eigenvalue weighted by atomic mass is 10.1. The van der Waals surface area contributed by atoms with Crippen LogP contribution in [0.2, 0.25) is 0 Å². The predicted octanol–water partition coefficient (Wildman–Crippen LogP) is 3.88. The number of hydrogen-bond donors (Lipinski definition) is 0. The van der Waals surface area contributed by atoms with Crippen LogP contribution in [0, 0.1) is 5.92 Å². The van der Waals surface area contributed by atoms with Crippen molar-refractivity contribution in [3.05, 3.63) is 22.6 Å². The van der Waals surface area contributed by atoms with Crippen LogP contribution in [0.25, 0.3) is 0 Å². The molecule has 1 saturated carbocycles. The van der Waals surface area contributed by atoms with Crippen LogP contribution in [0.1, 0.15) is 33.6 Å². The number of hydrogen-bond acceptors (Lipinski definition) is 2. The largest absolute Gasteiger partial charge is 0.473 e. The van der Waals surface area contributed by atoms with Gasteiger partial charge in [0.25, 0.3) is 0 Å². The molecule has 84 valence electrons. The fraction of sp³-hybridized carbons (Fsp3) is 0.583. The molecule has 1 aliphatic rings. The molecule has 0 N–H and O–H groups in total. The van der Waals surface area contributed by atoms with Gasteiger partial charge in [-0.2, -0.15) is 0 Å². The van der Waals surface area contributed by atoms with Crippen molar-refractivity contribution in [1.82, 2.24) is 0 Å². The lowest BCUT2D eigenvalue weighted by molar-refractivity contribution is 0.194. The van der Waals surface area contributed by atoms with Crippen LogP contribution in [-0.4, -0.2) is 12.8 Å². The lowest BCUT2D eigenvalue weighted by Crippen LogP contribution is -1.95. The number of aliphatic imine (C=N–C) groups is 1. The summed E-state index contributed by atoms with van der Waals surface area (Å²) in [6.45, 7) is 9.76. The Hall–Kier alpha value is -0.760. The van der Waals surface area contributed by atoms with Gasteiger partial charge < -0.3 is 4.74 Å². The predicted molar refractivity (Wildman–Crippen MR) is 65.1 cm³/mol. The zero-order chi connectivity index (χ0) is 11.4. The molecule has 0 bridgehead atoms. The molecule has 0 aromatic heterocycles. The highest BCUT2D eigenvalue weighted by atomic mass is 35.5. The summed E-state index contributed by atoms with van der Waals surface area (Å²) in [6.07, 6.45) is 4.39. The molecule has 0 atom stereocenters. The van der Waals surface area contributed by atoms with Gasteiger partial charge in [-0.05, 0) is 38.5 Å². The summed E-state index contributed by atoms with van der Waals surface area (Å²) in [7, 11) is 0. The first-order valence-corrected chi connectivity index (χ1v) is 5.63. The Kier molecular flexibility index (Phi) is 4.40. The lowest BCUT2D eigenvalue weighted by Gasteiger charge is -2.07. The summed E-state index contributed by atoms with van der Waals surface area (Å²) in [6, 6.07) is 0. The number of nitrogens with zero attached hydrogens (tertiary/aromatic N) is 1. The molecule has 2 nitrogen and oxygen atoms in total. The second-order valence-electron chi connectivity index (χ2n) is 4.17. The van der Waals surface area contributed by atoms with E-state index in [4.69, 9.17) is 16.3 Å². The fourth-order valence-corrected chi connectivity index (χ4v) is 1.22. The van der Waals surface area contributed by atoms with Crippen LogP contribution >= 0.6 is 11.6 Å². The maximum Gasteiger partial charge on any atom is 0.232 e. The normalized spacial score (nSPS) is 18.9. The van der Waals surface area contributed by atoms with E-state index in [0.29, 0.717) is 22.9 Å². The van der Waals surface area contributed by atoms with Crippen molar-refractivity contribution in [3.63, 3.8) is 0 Å². The number of allylic oxidation sites excluding steroid dienone is 3. The molecule has 0 radical (unpaired) electrons. The molecule has 0 aromatic carbocycles. The average Bonchev–Trinajstić information content (AvgIpc) is 2.97. The first-order chi connectivity index (χ1) is 7.04. The Balaban J connectivity index is 2.74. The number of rotatable bonds is 5. The van der Waals surface area contributed by atoms with Gasteiger partial charge in [0.1, 0.15) is 11.1 Å². The van der Waals surface area contributed by atoms with Crippen molar-refractivity contribution >= 4 is 18.3 Å². The topological polar surface area (TPSA) is 21.6 Å². The van der Waals surface area contributed by atoms with Crippen LogP contribution in [0.3, 0.4) is 0 Å². The maximum absolute atomic E-state index is 6.10.